The van der Waals surface area contributed by atoms with Gasteiger partial charge in [0, 0.05) is 12.0 Å². The molecular weight excluding hydrogens is 335 g/mol. The summed E-state index contributed by atoms with van der Waals surface area (Å²) in [6, 6.07) is 4.09. The highest BCUT2D eigenvalue weighted by Gasteiger charge is 2.17. The summed E-state index contributed by atoms with van der Waals surface area (Å²) < 4.78 is 8.17. The molecule has 1 aromatic rings. The number of unbranched alkanes of at least 4 members (excludes halogenated alkanes) is 2. The van der Waals surface area contributed by atoms with Gasteiger partial charge in [0.15, 0.2) is 5.78 Å². The summed E-state index contributed by atoms with van der Waals surface area (Å²) in [5, 5.41) is 9.22. The minimum Gasteiger partial charge on any atom is -0.481 e. The number of hydrogen-bond acceptors (Lipinski definition) is 3. The molecule has 140 valence electrons. The highest BCUT2D eigenvalue weighted by atomic mass is 31.0. The zero-order chi connectivity index (χ0) is 19.4. The van der Waals surface area contributed by atoms with Crippen molar-refractivity contribution in [3.8, 4) is 0 Å². The smallest absolute Gasteiger partial charge is 0.310 e. The Labute approximate surface area is 153 Å². The van der Waals surface area contributed by atoms with Crippen LogP contribution in [-0.2, 0) is 9.36 Å². The molecule has 2 unspecified atom stereocenters. The van der Waals surface area contributed by atoms with Crippen LogP contribution < -0.4 is 0 Å². The van der Waals surface area contributed by atoms with Gasteiger partial charge in [0.1, 0.15) is 0 Å². The predicted octanol–water partition coefficient (Wildman–Crippen LogP) is 5.45. The van der Waals surface area contributed by atoms with Gasteiger partial charge in [0.05, 0.1) is 5.92 Å². The van der Waals surface area contributed by atoms with E-state index in [0.29, 0.717) is 12.8 Å². The number of aliphatic carboxylic acids is 1. The summed E-state index contributed by atoms with van der Waals surface area (Å²) >= 11 is 0. The molecular formula is C20H32O4P+. The maximum absolute atomic E-state index is 12.4. The number of ketones is 1. The third-order valence-electron chi connectivity index (χ3n) is 4.42. The van der Waals surface area contributed by atoms with Gasteiger partial charge in [-0.15, -0.1) is 0 Å². The Morgan fingerprint density at radius 2 is 1.52 bits per heavy atom. The fourth-order valence-electron chi connectivity index (χ4n) is 3.26. The highest BCUT2D eigenvalue weighted by molar-refractivity contribution is 7.00. The average Bonchev–Trinajstić information content (AvgIpc) is 2.54. The van der Waals surface area contributed by atoms with E-state index in [1.54, 1.807) is 0 Å². The van der Waals surface area contributed by atoms with Crippen molar-refractivity contribution in [3.63, 3.8) is 0 Å². The van der Waals surface area contributed by atoms with E-state index in [0.717, 1.165) is 48.8 Å². The maximum Gasteiger partial charge on any atom is 0.310 e. The first-order valence-corrected chi connectivity index (χ1v) is 9.41. The van der Waals surface area contributed by atoms with Crippen LogP contribution in [0.1, 0.15) is 78.9 Å². The number of benzene rings is 1. The van der Waals surface area contributed by atoms with E-state index in [2.05, 4.69) is 6.92 Å². The van der Waals surface area contributed by atoms with Crippen LogP contribution >= 0.6 is 9.12 Å². The normalized spacial score (nSPS) is 11.4. The third kappa shape index (κ3) is 8.40. The van der Waals surface area contributed by atoms with Gasteiger partial charge in [-0.3, -0.25) is 9.59 Å². The van der Waals surface area contributed by atoms with Crippen molar-refractivity contribution < 1.29 is 19.3 Å². The van der Waals surface area contributed by atoms with E-state index in [9.17, 15) is 14.7 Å². The van der Waals surface area contributed by atoms with Crippen LogP contribution in [0.2, 0.25) is 0 Å². The summed E-state index contributed by atoms with van der Waals surface area (Å²) in [6.07, 6.45) is 5.47. The van der Waals surface area contributed by atoms with Crippen LogP contribution in [0.15, 0.2) is 12.1 Å². The Balaban J connectivity index is 0.00000277. The van der Waals surface area contributed by atoms with Crippen LogP contribution in [0.5, 0.6) is 0 Å². The lowest BCUT2D eigenvalue weighted by Crippen LogP contribution is -2.13. The standard InChI is InChI=1S/C20H30O3.H2OP/c1-5-6-9-17(20(22)23)10-7-8-11-18(21)19-15(3)12-14(2)13-16(19)4;1-2/h12-13,17H,5-11H2,1-4H3,(H,22,23);2H2/q;+1. The molecule has 0 saturated carbocycles. The number of carbonyl (C=O) groups is 2. The molecule has 0 radical (unpaired) electrons. The third-order valence-corrected chi connectivity index (χ3v) is 4.42. The molecule has 4 nitrogen and oxygen atoms in total. The van der Waals surface area contributed by atoms with E-state index in [-0.39, 0.29) is 11.7 Å². The summed E-state index contributed by atoms with van der Waals surface area (Å²) in [6.45, 7) is 8.08. The summed E-state index contributed by atoms with van der Waals surface area (Å²) in [7, 11) is 1.17. The lowest BCUT2D eigenvalue weighted by atomic mass is 9.92. The zero-order valence-electron chi connectivity index (χ0n) is 15.9. The van der Waals surface area contributed by atoms with Crippen LogP contribution in [0.3, 0.4) is 0 Å². The summed E-state index contributed by atoms with van der Waals surface area (Å²) in [5.41, 5.74) is 4.10. The minimum atomic E-state index is -0.699. The Morgan fingerprint density at radius 1 is 1.00 bits per heavy atom. The largest absolute Gasteiger partial charge is 0.481 e. The number of rotatable bonds is 10. The molecule has 0 saturated heterocycles. The van der Waals surface area contributed by atoms with Gasteiger partial charge < -0.3 is 5.11 Å². The van der Waals surface area contributed by atoms with Crippen LogP contribution in [0.4, 0.5) is 0 Å². The van der Waals surface area contributed by atoms with Gasteiger partial charge in [-0.2, -0.15) is 0 Å². The topological polar surface area (TPSA) is 71.4 Å². The van der Waals surface area contributed by atoms with Crippen molar-refractivity contribution in [2.24, 2.45) is 5.92 Å². The molecule has 0 aliphatic carbocycles. The number of Topliss-reactive ketones (excluding diaryl/α,β-unsaturated/α-hetero) is 1. The quantitative estimate of drug-likeness (QED) is 0.339. The number of hydrogen-bond donors (Lipinski definition) is 1. The van der Waals surface area contributed by atoms with Crippen LogP contribution in [0, 0.1) is 26.7 Å². The second kappa shape index (κ2) is 12.8. The van der Waals surface area contributed by atoms with Crippen molar-refractivity contribution in [2.75, 3.05) is 0 Å². The maximum atomic E-state index is 12.4. The van der Waals surface area contributed by atoms with E-state index in [4.69, 9.17) is 4.57 Å². The molecule has 2 atom stereocenters. The molecule has 0 amide bonds. The molecule has 0 aromatic heterocycles. The molecule has 1 aromatic carbocycles. The first-order valence-electron chi connectivity index (χ1n) is 8.94. The zero-order valence-corrected chi connectivity index (χ0v) is 17.1. The minimum absolute atomic E-state index is 0.181. The van der Waals surface area contributed by atoms with Crippen LogP contribution in [-0.4, -0.2) is 16.9 Å². The molecule has 0 aliphatic rings. The second-order valence-corrected chi connectivity index (χ2v) is 6.62. The summed E-state index contributed by atoms with van der Waals surface area (Å²) in [5.74, 6) is -0.775. The first-order chi connectivity index (χ1) is 11.9. The molecule has 0 aliphatic heterocycles. The number of carboxylic acids is 1. The van der Waals surface area contributed by atoms with Crippen molar-refractivity contribution in [1.29, 1.82) is 0 Å². The number of carboxylic acid groups (broad SMARTS) is 1. The number of aryl methyl sites for hydroxylation is 3. The van der Waals surface area contributed by atoms with Gasteiger partial charge >= 0.3 is 15.1 Å². The van der Waals surface area contributed by atoms with Gasteiger partial charge in [0.25, 0.3) is 0 Å². The van der Waals surface area contributed by atoms with E-state index in [1.807, 2.05) is 32.9 Å². The van der Waals surface area contributed by atoms with Crippen molar-refractivity contribution in [3.05, 3.63) is 34.4 Å². The summed E-state index contributed by atoms with van der Waals surface area (Å²) in [4.78, 5) is 23.6. The van der Waals surface area contributed by atoms with Gasteiger partial charge in [-0.25, -0.2) is 0 Å². The second-order valence-electron chi connectivity index (χ2n) is 6.62. The SMILES string of the molecule is CCCCC(CCCCC(=O)c1c(C)cc(C)cc1C)C(=O)O.O=[PH2+]. The van der Waals surface area contributed by atoms with Crippen molar-refractivity contribution >= 4 is 20.9 Å². The average molecular weight is 367 g/mol. The van der Waals surface area contributed by atoms with Crippen molar-refractivity contribution in [1.82, 2.24) is 0 Å². The number of carbonyl (C=O) groups excluding carboxylic acids is 1. The van der Waals surface area contributed by atoms with Crippen LogP contribution in [0.25, 0.3) is 0 Å². The molecule has 5 heteroatoms. The molecule has 25 heavy (non-hydrogen) atoms. The Hall–Kier alpha value is -1.54. The van der Waals surface area contributed by atoms with Crippen molar-refractivity contribution in [2.45, 2.75) is 72.6 Å². The van der Waals surface area contributed by atoms with Gasteiger partial charge in [0.2, 0.25) is 0 Å². The Morgan fingerprint density at radius 3 is 2.00 bits per heavy atom. The Bertz CT molecular complexity index is 546. The lowest BCUT2D eigenvalue weighted by Gasteiger charge is -2.12. The molecule has 0 fully saturated rings. The molecule has 0 spiro atoms. The van der Waals surface area contributed by atoms with E-state index >= 15 is 0 Å². The first kappa shape index (κ1) is 23.5. The fraction of sp³-hybridized carbons (Fsp3) is 0.600. The van der Waals surface area contributed by atoms with E-state index in [1.165, 1.54) is 14.7 Å². The highest BCUT2D eigenvalue weighted by Crippen LogP contribution is 2.21. The monoisotopic (exact) mass is 367 g/mol. The predicted molar refractivity (Wildman–Crippen MR) is 104 cm³/mol. The Kier molecular flexibility index (Phi) is 12.0. The molecule has 0 bridgehead atoms. The van der Waals surface area contributed by atoms with Gasteiger partial charge in [-0.05, 0) is 51.2 Å². The molecule has 0 heterocycles. The lowest BCUT2D eigenvalue weighted by molar-refractivity contribution is -0.142. The fourth-order valence-corrected chi connectivity index (χ4v) is 3.26. The van der Waals surface area contributed by atoms with E-state index < -0.39 is 5.97 Å². The molecule has 1 N–H and O–H groups in total. The molecule has 1 rings (SSSR count). The van der Waals surface area contributed by atoms with Gasteiger partial charge in [-0.1, -0.05) is 48.4 Å².